The number of hydrogen-bond acceptors (Lipinski definition) is 0. The van der Waals surface area contributed by atoms with Crippen LogP contribution in [-0.4, -0.2) is 0 Å². The Bertz CT molecular complexity index is 427. The second-order valence-corrected chi connectivity index (χ2v) is 7.73. The predicted molar refractivity (Wildman–Crippen MR) is 89.7 cm³/mol. The van der Waals surface area contributed by atoms with Crippen molar-refractivity contribution in [2.24, 2.45) is 17.3 Å². The molecular weight excluding hydrogens is 240 g/mol. The maximum atomic E-state index is 2.55. The minimum absolute atomic E-state index is 0.590. The van der Waals surface area contributed by atoms with Gasteiger partial charge in [-0.05, 0) is 76.5 Å². The van der Waals surface area contributed by atoms with Gasteiger partial charge < -0.3 is 0 Å². The molecule has 2 atom stereocenters. The van der Waals surface area contributed by atoms with E-state index in [4.69, 9.17) is 0 Å². The molecule has 0 amide bonds. The van der Waals surface area contributed by atoms with Crippen LogP contribution in [0.15, 0.2) is 34.9 Å². The van der Waals surface area contributed by atoms with Crippen molar-refractivity contribution in [2.75, 3.05) is 0 Å². The minimum Gasteiger partial charge on any atom is -0.0856 e. The molecule has 2 bridgehead atoms. The van der Waals surface area contributed by atoms with E-state index in [1.807, 2.05) is 0 Å². The molecule has 3 aliphatic carbocycles. The van der Waals surface area contributed by atoms with Crippen LogP contribution in [0.25, 0.3) is 0 Å². The Balaban J connectivity index is 1.76. The molecule has 0 radical (unpaired) electrons. The average molecular weight is 272 g/mol. The highest BCUT2D eigenvalue weighted by Gasteiger charge is 2.50. The minimum atomic E-state index is 0.590. The van der Waals surface area contributed by atoms with Gasteiger partial charge in [0.05, 0.1) is 0 Å². The van der Waals surface area contributed by atoms with E-state index in [-0.39, 0.29) is 0 Å². The molecule has 3 rings (SSSR count). The van der Waals surface area contributed by atoms with Gasteiger partial charge >= 0.3 is 0 Å². The molecule has 3 aliphatic rings. The third kappa shape index (κ3) is 3.45. The lowest BCUT2D eigenvalue weighted by molar-refractivity contribution is -0.00811. The maximum Gasteiger partial charge on any atom is -0.0146 e. The first-order valence-corrected chi connectivity index (χ1v) is 8.39. The van der Waals surface area contributed by atoms with Crippen LogP contribution in [0, 0.1) is 17.3 Å². The van der Waals surface area contributed by atoms with Crippen molar-refractivity contribution in [3.05, 3.63) is 34.9 Å². The van der Waals surface area contributed by atoms with E-state index < -0.39 is 0 Å². The fourth-order valence-corrected chi connectivity index (χ4v) is 3.93. The van der Waals surface area contributed by atoms with Gasteiger partial charge in [0.25, 0.3) is 0 Å². The third-order valence-electron chi connectivity index (χ3n) is 5.60. The van der Waals surface area contributed by atoms with Crippen LogP contribution >= 0.6 is 0 Å². The van der Waals surface area contributed by atoms with Gasteiger partial charge in [-0.3, -0.25) is 0 Å². The normalized spacial score (nSPS) is 27.6. The van der Waals surface area contributed by atoms with E-state index in [1.165, 1.54) is 44.1 Å². The van der Waals surface area contributed by atoms with Crippen LogP contribution in [0.4, 0.5) is 0 Å². The highest BCUT2D eigenvalue weighted by molar-refractivity contribution is 5.23. The summed E-state index contributed by atoms with van der Waals surface area (Å²) in [6.07, 6.45) is 15.1. The van der Waals surface area contributed by atoms with E-state index in [1.54, 1.807) is 11.1 Å². The third-order valence-corrected chi connectivity index (χ3v) is 5.60. The lowest BCUT2D eigenvalue weighted by Gasteiger charge is -2.56. The molecule has 112 valence electrons. The molecule has 0 nitrogen and oxygen atoms in total. The van der Waals surface area contributed by atoms with Crippen molar-refractivity contribution < 1.29 is 0 Å². The van der Waals surface area contributed by atoms with Crippen molar-refractivity contribution in [1.82, 2.24) is 0 Å². The van der Waals surface area contributed by atoms with E-state index in [2.05, 4.69) is 52.8 Å². The number of fused-ring (bicyclic) bond motifs is 1. The Morgan fingerprint density at radius 2 is 1.95 bits per heavy atom. The molecule has 0 aromatic carbocycles. The van der Waals surface area contributed by atoms with Gasteiger partial charge in [0.15, 0.2) is 0 Å². The zero-order chi connectivity index (χ0) is 14.8. The average Bonchev–Trinajstić information content (AvgIpc) is 2.38. The molecule has 20 heavy (non-hydrogen) atoms. The summed E-state index contributed by atoms with van der Waals surface area (Å²) >= 11 is 0. The Morgan fingerprint density at radius 1 is 1.20 bits per heavy atom. The van der Waals surface area contributed by atoms with Crippen LogP contribution in [0.2, 0.25) is 0 Å². The predicted octanol–water partition coefficient (Wildman–Crippen LogP) is 6.45. The van der Waals surface area contributed by atoms with E-state index in [9.17, 15) is 0 Å². The Hall–Kier alpha value is -0.780. The zero-order valence-electron chi connectivity index (χ0n) is 14.1. The van der Waals surface area contributed by atoms with Gasteiger partial charge in [0.2, 0.25) is 0 Å². The summed E-state index contributed by atoms with van der Waals surface area (Å²) in [6, 6.07) is 0. The molecule has 0 saturated heterocycles. The molecule has 1 fully saturated rings. The maximum absolute atomic E-state index is 2.55. The summed E-state index contributed by atoms with van der Waals surface area (Å²) in [5.74, 6) is 1.86. The largest absolute Gasteiger partial charge is 0.0856 e. The van der Waals surface area contributed by atoms with Crippen LogP contribution < -0.4 is 0 Å². The van der Waals surface area contributed by atoms with Crippen molar-refractivity contribution >= 4 is 0 Å². The number of allylic oxidation sites excluding steroid dienone is 6. The zero-order valence-corrected chi connectivity index (χ0v) is 14.1. The van der Waals surface area contributed by atoms with Crippen LogP contribution in [0.1, 0.15) is 73.1 Å². The molecule has 0 aromatic rings. The lowest BCUT2D eigenvalue weighted by atomic mass is 9.48. The quantitative estimate of drug-likeness (QED) is 0.487. The van der Waals surface area contributed by atoms with Gasteiger partial charge in [0.1, 0.15) is 0 Å². The summed E-state index contributed by atoms with van der Waals surface area (Å²) in [7, 11) is 0. The highest BCUT2D eigenvalue weighted by Crippen LogP contribution is 2.59. The van der Waals surface area contributed by atoms with Crippen LogP contribution in [0.3, 0.4) is 0 Å². The first kappa shape index (κ1) is 15.6. The molecule has 0 aromatic heterocycles. The highest BCUT2D eigenvalue weighted by atomic mass is 14.5. The Morgan fingerprint density at radius 3 is 2.55 bits per heavy atom. The SMILES string of the molecule is CC(C)=CCC/C(C)=C/CCC1=CC[C@@H]2C[C@H]1C2(C)C. The van der Waals surface area contributed by atoms with E-state index >= 15 is 0 Å². The first-order chi connectivity index (χ1) is 9.41. The van der Waals surface area contributed by atoms with E-state index in [0.717, 1.165) is 11.8 Å². The summed E-state index contributed by atoms with van der Waals surface area (Å²) in [4.78, 5) is 0. The number of rotatable bonds is 6. The van der Waals surface area contributed by atoms with Crippen molar-refractivity contribution in [2.45, 2.75) is 73.1 Å². The second-order valence-electron chi connectivity index (χ2n) is 7.73. The molecule has 0 spiro atoms. The van der Waals surface area contributed by atoms with Crippen LogP contribution in [-0.2, 0) is 0 Å². The van der Waals surface area contributed by atoms with Gasteiger partial charge in [-0.25, -0.2) is 0 Å². The van der Waals surface area contributed by atoms with Gasteiger partial charge in [-0.15, -0.1) is 0 Å². The molecule has 0 unspecified atom stereocenters. The fourth-order valence-electron chi connectivity index (χ4n) is 3.93. The topological polar surface area (TPSA) is 0 Å². The summed E-state index contributed by atoms with van der Waals surface area (Å²) < 4.78 is 0. The van der Waals surface area contributed by atoms with Gasteiger partial charge in [0, 0.05) is 0 Å². The Labute approximate surface area is 126 Å². The summed E-state index contributed by atoms with van der Waals surface area (Å²) in [6.45, 7) is 11.6. The first-order valence-electron chi connectivity index (χ1n) is 8.39. The van der Waals surface area contributed by atoms with Crippen molar-refractivity contribution in [3.8, 4) is 0 Å². The standard InChI is InChI=1S/C20H32/c1-15(2)8-6-9-16(3)10-7-11-17-12-13-18-14-19(17)20(18,4)5/h8,10,12,18-19H,6-7,9,11,13-14H2,1-5H3/b16-10+/t18-,19-/m1/s1. The summed E-state index contributed by atoms with van der Waals surface area (Å²) in [5, 5.41) is 0. The van der Waals surface area contributed by atoms with Crippen molar-refractivity contribution in [1.29, 1.82) is 0 Å². The van der Waals surface area contributed by atoms with Gasteiger partial charge in [-0.1, -0.05) is 48.8 Å². The molecule has 0 heterocycles. The summed E-state index contributed by atoms with van der Waals surface area (Å²) in [5.41, 5.74) is 5.34. The second kappa shape index (κ2) is 6.33. The molecule has 0 N–H and O–H groups in total. The molecule has 0 aliphatic heterocycles. The molecular formula is C20H32. The molecule has 0 heteroatoms. The lowest BCUT2D eigenvalue weighted by Crippen LogP contribution is -2.47. The molecule has 1 saturated carbocycles. The van der Waals surface area contributed by atoms with Crippen molar-refractivity contribution in [3.63, 3.8) is 0 Å². The Kier molecular flexibility index (Phi) is 4.94. The van der Waals surface area contributed by atoms with E-state index in [0.29, 0.717) is 5.41 Å². The number of hydrogen-bond donors (Lipinski definition) is 0. The smallest absolute Gasteiger partial charge is 0.0146 e. The van der Waals surface area contributed by atoms with Crippen LogP contribution in [0.5, 0.6) is 0 Å². The fraction of sp³-hybridized carbons (Fsp3) is 0.700. The van der Waals surface area contributed by atoms with Gasteiger partial charge in [-0.2, -0.15) is 0 Å². The monoisotopic (exact) mass is 272 g/mol.